The highest BCUT2D eigenvalue weighted by molar-refractivity contribution is 5.17. The Labute approximate surface area is 119 Å². The van der Waals surface area contributed by atoms with E-state index in [1.54, 1.807) is 12.1 Å². The fourth-order valence-electron chi connectivity index (χ4n) is 2.39. The van der Waals surface area contributed by atoms with Crippen molar-refractivity contribution in [3.8, 4) is 0 Å². The predicted molar refractivity (Wildman–Crippen MR) is 76.0 cm³/mol. The highest BCUT2D eigenvalue weighted by Crippen LogP contribution is 2.10. The van der Waals surface area contributed by atoms with E-state index in [0.717, 1.165) is 39.4 Å². The fourth-order valence-corrected chi connectivity index (χ4v) is 2.39. The molecule has 0 spiro atoms. The first-order valence-electron chi connectivity index (χ1n) is 7.16. The van der Waals surface area contributed by atoms with Crippen LogP contribution < -0.4 is 0 Å². The number of rotatable bonds is 7. The van der Waals surface area contributed by atoms with Crippen LogP contribution in [-0.2, 0) is 11.3 Å². The van der Waals surface area contributed by atoms with Crippen molar-refractivity contribution in [3.05, 3.63) is 35.6 Å². The molecule has 1 aliphatic heterocycles. The van der Waals surface area contributed by atoms with Crippen LogP contribution in [0.1, 0.15) is 5.56 Å². The number of morpholine rings is 1. The molecule has 4 nitrogen and oxygen atoms in total. The summed E-state index contributed by atoms with van der Waals surface area (Å²) in [5, 5.41) is 9.15. The molecule has 0 aromatic heterocycles. The Kier molecular flexibility index (Phi) is 6.39. The van der Waals surface area contributed by atoms with Crippen LogP contribution in [0.25, 0.3) is 0 Å². The maximum atomic E-state index is 13.7. The van der Waals surface area contributed by atoms with E-state index < -0.39 is 0 Å². The lowest BCUT2D eigenvalue weighted by atomic mass is 10.2. The van der Waals surface area contributed by atoms with Crippen LogP contribution in [0.5, 0.6) is 0 Å². The molecule has 0 saturated carbocycles. The first kappa shape index (κ1) is 15.4. The van der Waals surface area contributed by atoms with E-state index >= 15 is 0 Å². The van der Waals surface area contributed by atoms with E-state index in [4.69, 9.17) is 9.84 Å². The maximum absolute atomic E-state index is 13.7. The number of benzene rings is 1. The van der Waals surface area contributed by atoms with Gasteiger partial charge in [-0.25, -0.2) is 4.39 Å². The Hall–Kier alpha value is -1.01. The van der Waals surface area contributed by atoms with Gasteiger partial charge in [-0.15, -0.1) is 0 Å². The van der Waals surface area contributed by atoms with Crippen molar-refractivity contribution in [1.82, 2.24) is 9.80 Å². The van der Waals surface area contributed by atoms with Crippen LogP contribution in [0.4, 0.5) is 4.39 Å². The van der Waals surface area contributed by atoms with E-state index in [2.05, 4.69) is 9.80 Å². The smallest absolute Gasteiger partial charge is 0.127 e. The van der Waals surface area contributed by atoms with Crippen molar-refractivity contribution in [1.29, 1.82) is 0 Å². The first-order valence-corrected chi connectivity index (χ1v) is 7.16. The molecule has 0 radical (unpaired) electrons. The molecule has 0 aliphatic carbocycles. The minimum absolute atomic E-state index is 0.0948. The molecule has 1 aliphatic rings. The Bertz CT molecular complexity index is 397. The zero-order valence-corrected chi connectivity index (χ0v) is 11.8. The van der Waals surface area contributed by atoms with E-state index in [-0.39, 0.29) is 12.4 Å². The number of aliphatic hydroxyl groups excluding tert-OH is 1. The van der Waals surface area contributed by atoms with Gasteiger partial charge < -0.3 is 9.84 Å². The van der Waals surface area contributed by atoms with Crippen molar-refractivity contribution in [2.45, 2.75) is 6.54 Å². The van der Waals surface area contributed by atoms with Gasteiger partial charge in [0.05, 0.1) is 19.8 Å². The van der Waals surface area contributed by atoms with Crippen LogP contribution in [0.3, 0.4) is 0 Å². The molecule has 1 heterocycles. The van der Waals surface area contributed by atoms with Gasteiger partial charge in [0.2, 0.25) is 0 Å². The topological polar surface area (TPSA) is 35.9 Å². The monoisotopic (exact) mass is 282 g/mol. The molecule has 20 heavy (non-hydrogen) atoms. The zero-order valence-electron chi connectivity index (χ0n) is 11.8. The number of hydrogen-bond donors (Lipinski definition) is 1. The second-order valence-electron chi connectivity index (χ2n) is 5.05. The number of halogens is 1. The number of hydrogen-bond acceptors (Lipinski definition) is 4. The molecular weight excluding hydrogens is 259 g/mol. The third-order valence-corrected chi connectivity index (χ3v) is 3.60. The van der Waals surface area contributed by atoms with Crippen molar-refractivity contribution in [2.75, 3.05) is 52.5 Å². The first-order chi connectivity index (χ1) is 9.79. The summed E-state index contributed by atoms with van der Waals surface area (Å²) in [5.41, 5.74) is 0.683. The quantitative estimate of drug-likeness (QED) is 0.808. The number of nitrogens with zero attached hydrogens (tertiary/aromatic N) is 2. The molecule has 1 aromatic rings. The van der Waals surface area contributed by atoms with Gasteiger partial charge in [0.25, 0.3) is 0 Å². The summed E-state index contributed by atoms with van der Waals surface area (Å²) >= 11 is 0. The molecule has 1 N–H and O–H groups in total. The molecule has 2 rings (SSSR count). The van der Waals surface area contributed by atoms with Crippen molar-refractivity contribution in [2.24, 2.45) is 0 Å². The molecule has 0 unspecified atom stereocenters. The zero-order chi connectivity index (χ0) is 14.2. The lowest BCUT2D eigenvalue weighted by Gasteiger charge is -2.29. The van der Waals surface area contributed by atoms with Gasteiger partial charge in [0, 0.05) is 44.8 Å². The van der Waals surface area contributed by atoms with Gasteiger partial charge >= 0.3 is 0 Å². The van der Waals surface area contributed by atoms with Crippen molar-refractivity contribution in [3.63, 3.8) is 0 Å². The van der Waals surface area contributed by atoms with Gasteiger partial charge in [-0.2, -0.15) is 0 Å². The highest BCUT2D eigenvalue weighted by Gasteiger charge is 2.13. The molecule has 1 aromatic carbocycles. The molecule has 1 fully saturated rings. The molecule has 0 amide bonds. The summed E-state index contributed by atoms with van der Waals surface area (Å²) in [6.07, 6.45) is 0. The summed E-state index contributed by atoms with van der Waals surface area (Å²) in [6.45, 7) is 6.43. The Morgan fingerprint density at radius 1 is 1.20 bits per heavy atom. The standard InChI is InChI=1S/C15H23FN2O2/c16-15-4-2-1-3-14(15)13-18(7-10-19)6-5-17-8-11-20-12-9-17/h1-4,19H,5-13H2. The van der Waals surface area contributed by atoms with Crippen LogP contribution in [0, 0.1) is 5.82 Å². The molecular formula is C15H23FN2O2. The lowest BCUT2D eigenvalue weighted by Crippen LogP contribution is -2.42. The predicted octanol–water partition coefficient (Wildman–Crippen LogP) is 0.952. The summed E-state index contributed by atoms with van der Waals surface area (Å²) in [6, 6.07) is 6.82. The summed E-state index contributed by atoms with van der Waals surface area (Å²) in [4.78, 5) is 4.43. The Morgan fingerprint density at radius 2 is 1.95 bits per heavy atom. The molecule has 5 heteroatoms. The van der Waals surface area contributed by atoms with Crippen LogP contribution in [0.15, 0.2) is 24.3 Å². The number of ether oxygens (including phenoxy) is 1. The van der Waals surface area contributed by atoms with Crippen LogP contribution in [-0.4, -0.2) is 67.5 Å². The minimum Gasteiger partial charge on any atom is -0.395 e. The average Bonchev–Trinajstić information content (AvgIpc) is 2.48. The van der Waals surface area contributed by atoms with Crippen LogP contribution >= 0.6 is 0 Å². The fraction of sp³-hybridized carbons (Fsp3) is 0.600. The SMILES string of the molecule is OCCN(CCN1CCOCC1)Cc1ccccc1F. The van der Waals surface area contributed by atoms with Gasteiger partial charge in [0.15, 0.2) is 0 Å². The normalized spacial score (nSPS) is 16.8. The van der Waals surface area contributed by atoms with E-state index in [9.17, 15) is 4.39 Å². The summed E-state index contributed by atoms with van der Waals surface area (Å²) < 4.78 is 19.0. The number of aliphatic hydroxyl groups is 1. The van der Waals surface area contributed by atoms with E-state index in [0.29, 0.717) is 18.7 Å². The lowest BCUT2D eigenvalue weighted by molar-refractivity contribution is 0.0319. The minimum atomic E-state index is -0.179. The summed E-state index contributed by atoms with van der Waals surface area (Å²) in [5.74, 6) is -0.179. The molecule has 112 valence electrons. The van der Waals surface area contributed by atoms with Gasteiger partial charge in [-0.05, 0) is 6.07 Å². The maximum Gasteiger partial charge on any atom is 0.127 e. The van der Waals surface area contributed by atoms with Gasteiger partial charge in [-0.3, -0.25) is 9.80 Å². The molecule has 1 saturated heterocycles. The van der Waals surface area contributed by atoms with Crippen LogP contribution in [0.2, 0.25) is 0 Å². The van der Waals surface area contributed by atoms with Crippen molar-refractivity contribution >= 4 is 0 Å². The third kappa shape index (κ3) is 4.83. The average molecular weight is 282 g/mol. The van der Waals surface area contributed by atoms with Crippen molar-refractivity contribution < 1.29 is 14.2 Å². The Morgan fingerprint density at radius 3 is 2.65 bits per heavy atom. The third-order valence-electron chi connectivity index (χ3n) is 3.60. The second kappa shape index (κ2) is 8.32. The highest BCUT2D eigenvalue weighted by atomic mass is 19.1. The van der Waals surface area contributed by atoms with E-state index in [1.807, 2.05) is 6.07 Å². The summed E-state index contributed by atoms with van der Waals surface area (Å²) in [7, 11) is 0. The van der Waals surface area contributed by atoms with Gasteiger partial charge in [-0.1, -0.05) is 18.2 Å². The largest absolute Gasteiger partial charge is 0.395 e. The Balaban J connectivity index is 1.84. The second-order valence-corrected chi connectivity index (χ2v) is 5.05. The molecule has 0 atom stereocenters. The van der Waals surface area contributed by atoms with E-state index in [1.165, 1.54) is 6.07 Å². The van der Waals surface area contributed by atoms with Gasteiger partial charge in [0.1, 0.15) is 5.82 Å². The molecule has 0 bridgehead atoms.